The minimum absolute atomic E-state index is 0.0320. The van der Waals surface area contributed by atoms with Gasteiger partial charge in [0.05, 0.1) is 5.52 Å². The van der Waals surface area contributed by atoms with E-state index in [9.17, 15) is 0 Å². The van der Waals surface area contributed by atoms with Crippen LogP contribution in [0.1, 0.15) is 27.7 Å². The van der Waals surface area contributed by atoms with Crippen molar-refractivity contribution in [3.8, 4) is 39.8 Å². The molecule has 0 radical (unpaired) electrons. The summed E-state index contributed by atoms with van der Waals surface area (Å²) >= 11 is 0. The average molecular weight is 561 g/mol. The van der Waals surface area contributed by atoms with Crippen molar-refractivity contribution in [3.63, 3.8) is 0 Å². The van der Waals surface area contributed by atoms with Crippen molar-refractivity contribution in [3.05, 3.63) is 115 Å². The summed E-state index contributed by atoms with van der Waals surface area (Å²) in [6.07, 6.45) is 0. The molecule has 2 aliphatic rings. The molecule has 0 unspecified atom stereocenters. The highest BCUT2D eigenvalue weighted by Crippen LogP contribution is 2.45. The summed E-state index contributed by atoms with van der Waals surface area (Å²) in [6, 6.07) is 39.4. The summed E-state index contributed by atoms with van der Waals surface area (Å²) in [5, 5.41) is 10.0. The fraction of sp³-hybridized carbons (Fsp3) is 0.167. The molecule has 0 atom stereocenters. The Labute approximate surface area is 252 Å². The number of rotatable bonds is 4. The molecule has 2 aromatic heterocycles. The number of hydrogen-bond acceptors (Lipinski definition) is 5. The molecule has 1 saturated heterocycles. The Morgan fingerprint density at radius 3 is 2.37 bits per heavy atom. The first-order valence-electron chi connectivity index (χ1n) is 14.8. The lowest BCUT2D eigenvalue weighted by atomic mass is 9.60. The SMILES string of the molecule is CC1(C)NB2c3cc(Oc4cccc(-n5nc(-c6ccccc6)c6ccccc65)n4)ccc3-c3ccccc3N2C1(C)C. The molecule has 8 rings (SSSR count). The van der Waals surface area contributed by atoms with Crippen molar-refractivity contribution in [2.24, 2.45) is 0 Å². The van der Waals surface area contributed by atoms with Gasteiger partial charge in [-0.25, -0.2) is 4.68 Å². The van der Waals surface area contributed by atoms with Gasteiger partial charge in [-0.2, -0.15) is 10.1 Å². The van der Waals surface area contributed by atoms with Crippen LogP contribution in [0, 0.1) is 0 Å². The van der Waals surface area contributed by atoms with E-state index in [2.05, 4.69) is 98.4 Å². The molecule has 4 heterocycles. The van der Waals surface area contributed by atoms with Gasteiger partial charge in [-0.1, -0.05) is 78.9 Å². The lowest BCUT2D eigenvalue weighted by Gasteiger charge is -2.45. The summed E-state index contributed by atoms with van der Waals surface area (Å²) in [5.41, 5.74) is 7.71. The molecule has 7 heteroatoms. The van der Waals surface area contributed by atoms with Crippen molar-refractivity contribution >= 4 is 29.0 Å². The zero-order valence-corrected chi connectivity index (χ0v) is 24.7. The van der Waals surface area contributed by atoms with Gasteiger partial charge in [-0.3, -0.25) is 0 Å². The maximum atomic E-state index is 6.45. The molecule has 210 valence electrons. The second kappa shape index (κ2) is 9.31. The third-order valence-corrected chi connectivity index (χ3v) is 9.44. The van der Waals surface area contributed by atoms with Crippen LogP contribution in [0.4, 0.5) is 5.69 Å². The first kappa shape index (κ1) is 25.8. The van der Waals surface area contributed by atoms with E-state index < -0.39 is 0 Å². The molecule has 0 aliphatic carbocycles. The summed E-state index contributed by atoms with van der Waals surface area (Å²) in [5.74, 6) is 1.98. The van der Waals surface area contributed by atoms with Crippen molar-refractivity contribution < 1.29 is 4.74 Å². The molecular formula is C36H32BN5O. The fourth-order valence-corrected chi connectivity index (χ4v) is 6.60. The predicted octanol–water partition coefficient (Wildman–Crippen LogP) is 7.22. The van der Waals surface area contributed by atoms with Crippen molar-refractivity contribution in [1.29, 1.82) is 0 Å². The quantitative estimate of drug-likeness (QED) is 0.230. The number of benzene rings is 4. The largest absolute Gasteiger partial charge is 0.439 e. The van der Waals surface area contributed by atoms with Crippen LogP contribution in [0.25, 0.3) is 39.1 Å². The minimum atomic E-state index is -0.108. The van der Waals surface area contributed by atoms with Crippen LogP contribution < -0.4 is 20.2 Å². The zero-order chi connectivity index (χ0) is 29.3. The number of anilines is 1. The molecule has 6 nitrogen and oxygen atoms in total. The van der Waals surface area contributed by atoms with E-state index in [1.165, 1.54) is 22.3 Å². The maximum absolute atomic E-state index is 6.45. The molecule has 4 aromatic carbocycles. The Morgan fingerprint density at radius 1 is 0.744 bits per heavy atom. The Bertz CT molecular complexity index is 2020. The summed E-state index contributed by atoms with van der Waals surface area (Å²) in [4.78, 5) is 7.44. The molecule has 2 aliphatic heterocycles. The Morgan fingerprint density at radius 2 is 1.51 bits per heavy atom. The van der Waals surface area contributed by atoms with Crippen LogP contribution in [0.15, 0.2) is 115 Å². The van der Waals surface area contributed by atoms with E-state index in [1.54, 1.807) is 0 Å². The Balaban J connectivity index is 1.18. The second-order valence-corrected chi connectivity index (χ2v) is 12.4. The molecule has 1 fully saturated rings. The van der Waals surface area contributed by atoms with Crippen molar-refractivity contribution in [2.75, 3.05) is 4.81 Å². The molecule has 0 bridgehead atoms. The first-order chi connectivity index (χ1) is 20.8. The lowest BCUT2D eigenvalue weighted by molar-refractivity contribution is 0.318. The summed E-state index contributed by atoms with van der Waals surface area (Å²) in [7, 11) is 0. The highest BCUT2D eigenvalue weighted by atomic mass is 16.5. The van der Waals surface area contributed by atoms with Crippen molar-refractivity contribution in [2.45, 2.75) is 38.8 Å². The van der Waals surface area contributed by atoms with Gasteiger partial charge in [0.2, 0.25) is 5.88 Å². The highest BCUT2D eigenvalue weighted by Gasteiger charge is 2.56. The Kier molecular flexibility index (Phi) is 5.59. The van der Waals surface area contributed by atoms with Gasteiger partial charge in [-0.05, 0) is 69.1 Å². The van der Waals surface area contributed by atoms with E-state index in [0.717, 1.165) is 27.9 Å². The maximum Gasteiger partial charge on any atom is 0.377 e. The Hall–Kier alpha value is -4.88. The molecule has 6 aromatic rings. The first-order valence-corrected chi connectivity index (χ1v) is 14.8. The van der Waals surface area contributed by atoms with Gasteiger partial charge in [0, 0.05) is 39.3 Å². The number of pyridine rings is 1. The average Bonchev–Trinajstić information content (AvgIpc) is 3.50. The number of nitrogens with zero attached hydrogens (tertiary/aromatic N) is 4. The molecule has 0 spiro atoms. The monoisotopic (exact) mass is 561 g/mol. The van der Waals surface area contributed by atoms with Crippen molar-refractivity contribution in [1.82, 2.24) is 20.0 Å². The van der Waals surface area contributed by atoms with Gasteiger partial charge >= 0.3 is 6.98 Å². The number of nitrogens with one attached hydrogen (secondary N) is 1. The third kappa shape index (κ3) is 3.92. The third-order valence-electron chi connectivity index (χ3n) is 9.44. The van der Waals surface area contributed by atoms with Crippen LogP contribution in [0.5, 0.6) is 11.6 Å². The van der Waals surface area contributed by atoms with Gasteiger partial charge in [0.25, 0.3) is 0 Å². The number of hydrogen-bond donors (Lipinski definition) is 1. The summed E-state index contributed by atoms with van der Waals surface area (Å²) < 4.78 is 8.35. The molecule has 43 heavy (non-hydrogen) atoms. The molecular weight excluding hydrogens is 529 g/mol. The van der Waals surface area contributed by atoms with Gasteiger partial charge in [-0.15, -0.1) is 0 Å². The van der Waals surface area contributed by atoms with Gasteiger partial charge < -0.3 is 14.8 Å². The highest BCUT2D eigenvalue weighted by molar-refractivity contribution is 6.78. The number of aromatic nitrogens is 3. The zero-order valence-electron chi connectivity index (χ0n) is 24.7. The van der Waals surface area contributed by atoms with Gasteiger partial charge in [0.15, 0.2) is 5.82 Å². The van der Waals surface area contributed by atoms with Crippen LogP contribution >= 0.6 is 0 Å². The van der Waals surface area contributed by atoms with Crippen LogP contribution in [-0.4, -0.2) is 32.8 Å². The lowest BCUT2D eigenvalue weighted by Crippen LogP contribution is -2.58. The van der Waals surface area contributed by atoms with Crippen LogP contribution in [-0.2, 0) is 0 Å². The van der Waals surface area contributed by atoms with E-state index in [1.807, 2.05) is 59.3 Å². The standard InChI is InChI=1S/C36H32BN5O/c1-35(2)36(3,4)42-31-18-11-8-15-27(31)26-22-21-25(23-29(26)37(42)40-35)43-33-20-12-19-32(38-33)41-30-17-10-9-16-28(30)34(39-41)24-13-6-5-7-14-24/h5-23,40H,1-4H3. The normalized spacial score (nSPS) is 16.1. The van der Waals surface area contributed by atoms with E-state index in [4.69, 9.17) is 14.8 Å². The minimum Gasteiger partial charge on any atom is -0.439 e. The van der Waals surface area contributed by atoms with Crippen LogP contribution in [0.2, 0.25) is 0 Å². The predicted molar refractivity (Wildman–Crippen MR) is 175 cm³/mol. The summed E-state index contributed by atoms with van der Waals surface area (Å²) in [6.45, 7) is 9.24. The smallest absolute Gasteiger partial charge is 0.377 e. The van der Waals surface area contributed by atoms with E-state index >= 15 is 0 Å². The number of fused-ring (bicyclic) bond motifs is 7. The van der Waals surface area contributed by atoms with E-state index in [-0.39, 0.29) is 18.1 Å². The van der Waals surface area contributed by atoms with Gasteiger partial charge in [0.1, 0.15) is 11.4 Å². The fourth-order valence-electron chi connectivity index (χ4n) is 6.60. The second-order valence-electron chi connectivity index (χ2n) is 12.4. The number of ether oxygens (including phenoxy) is 1. The topological polar surface area (TPSA) is 55.2 Å². The molecule has 0 amide bonds. The number of para-hydroxylation sites is 2. The van der Waals surface area contributed by atoms with E-state index in [0.29, 0.717) is 11.7 Å². The molecule has 0 saturated carbocycles. The van der Waals surface area contributed by atoms with Crippen LogP contribution in [0.3, 0.4) is 0 Å². The molecule has 1 N–H and O–H groups in total.